The van der Waals surface area contributed by atoms with Gasteiger partial charge in [0.05, 0.1) is 19.2 Å². The van der Waals surface area contributed by atoms with Crippen LogP contribution in [-0.2, 0) is 30.4 Å². The maximum Gasteiger partial charge on any atom is 0.326 e. The van der Waals surface area contributed by atoms with Gasteiger partial charge in [-0.1, -0.05) is 30.3 Å². The fraction of sp³-hybridized carbons (Fsp3) is 0.421. The predicted molar refractivity (Wildman–Crippen MR) is 108 cm³/mol. The van der Waals surface area contributed by atoms with Crippen LogP contribution in [0, 0.1) is 0 Å². The summed E-state index contributed by atoms with van der Waals surface area (Å²) in [5, 5.41) is 25.4. The Labute approximate surface area is 178 Å². The first kappa shape index (κ1) is 25.5. The molecule has 0 heterocycles. The van der Waals surface area contributed by atoms with E-state index in [0.29, 0.717) is 5.56 Å². The van der Waals surface area contributed by atoms with E-state index in [1.165, 1.54) is 0 Å². The maximum atomic E-state index is 12.3. The van der Waals surface area contributed by atoms with Gasteiger partial charge in [0.2, 0.25) is 23.6 Å². The highest BCUT2D eigenvalue weighted by Crippen LogP contribution is 2.04. The van der Waals surface area contributed by atoms with Crippen LogP contribution < -0.4 is 27.4 Å². The molecule has 0 aliphatic heterocycles. The molecular formula is C19H27N5O7. The molecule has 12 heteroatoms. The van der Waals surface area contributed by atoms with E-state index in [-0.39, 0.29) is 19.3 Å². The van der Waals surface area contributed by atoms with Crippen molar-refractivity contribution in [1.29, 1.82) is 0 Å². The Hall–Kier alpha value is -3.51. The third-order valence-electron chi connectivity index (χ3n) is 4.19. The minimum Gasteiger partial charge on any atom is -0.480 e. The fourth-order valence-electron chi connectivity index (χ4n) is 2.49. The molecule has 0 aliphatic rings. The third kappa shape index (κ3) is 9.69. The minimum absolute atomic E-state index is 0.00243. The van der Waals surface area contributed by atoms with E-state index < -0.39 is 60.9 Å². The van der Waals surface area contributed by atoms with Crippen molar-refractivity contribution >= 4 is 29.6 Å². The summed E-state index contributed by atoms with van der Waals surface area (Å²) in [7, 11) is 0. The Morgan fingerprint density at radius 1 is 0.968 bits per heavy atom. The zero-order valence-electron chi connectivity index (χ0n) is 16.7. The number of hydrogen-bond acceptors (Lipinski definition) is 7. The number of carboxylic acid groups (broad SMARTS) is 1. The number of nitrogens with one attached hydrogen (secondary N) is 3. The quantitative estimate of drug-likeness (QED) is 0.168. The lowest BCUT2D eigenvalue weighted by atomic mass is 10.1. The van der Waals surface area contributed by atoms with Crippen molar-refractivity contribution in [3.8, 4) is 0 Å². The second-order valence-corrected chi connectivity index (χ2v) is 6.72. The van der Waals surface area contributed by atoms with E-state index in [2.05, 4.69) is 16.0 Å². The molecule has 0 radical (unpaired) electrons. The van der Waals surface area contributed by atoms with Crippen molar-refractivity contribution in [2.75, 3.05) is 13.2 Å². The van der Waals surface area contributed by atoms with E-state index >= 15 is 0 Å². The summed E-state index contributed by atoms with van der Waals surface area (Å²) in [6.45, 7) is -1.33. The van der Waals surface area contributed by atoms with Gasteiger partial charge in [0.15, 0.2) is 0 Å². The molecule has 170 valence electrons. The predicted octanol–water partition coefficient (Wildman–Crippen LogP) is -3.02. The van der Waals surface area contributed by atoms with Crippen LogP contribution in [-0.4, -0.2) is 71.1 Å². The fourth-order valence-corrected chi connectivity index (χ4v) is 2.49. The average molecular weight is 437 g/mol. The summed E-state index contributed by atoms with van der Waals surface area (Å²) in [5.74, 6) is -4.30. The summed E-state index contributed by atoms with van der Waals surface area (Å²) in [6.07, 6.45) is -0.0863. The molecule has 12 nitrogen and oxygen atoms in total. The number of benzene rings is 1. The Balaban J connectivity index is 2.56. The summed E-state index contributed by atoms with van der Waals surface area (Å²) in [4.78, 5) is 58.2. The van der Waals surface area contributed by atoms with Gasteiger partial charge in [-0.05, 0) is 12.0 Å². The Morgan fingerprint density at radius 3 is 2.16 bits per heavy atom. The monoisotopic (exact) mass is 437 g/mol. The molecule has 0 spiro atoms. The number of carbonyl (C=O) groups excluding carboxylic acids is 4. The second kappa shape index (κ2) is 12.9. The summed E-state index contributed by atoms with van der Waals surface area (Å²) in [6, 6.07) is 4.86. The number of nitrogens with two attached hydrogens (primary N) is 2. The van der Waals surface area contributed by atoms with Crippen LogP contribution in [0.15, 0.2) is 30.3 Å². The number of aliphatic carboxylic acids is 1. The molecule has 4 amide bonds. The first-order valence-corrected chi connectivity index (χ1v) is 9.43. The third-order valence-corrected chi connectivity index (χ3v) is 4.19. The van der Waals surface area contributed by atoms with Gasteiger partial charge in [0.25, 0.3) is 0 Å². The number of rotatable bonds is 13. The van der Waals surface area contributed by atoms with Gasteiger partial charge < -0.3 is 37.6 Å². The van der Waals surface area contributed by atoms with Crippen LogP contribution in [0.4, 0.5) is 0 Å². The number of carbonyl (C=O) groups is 5. The van der Waals surface area contributed by atoms with Gasteiger partial charge in [-0.2, -0.15) is 0 Å². The van der Waals surface area contributed by atoms with E-state index in [4.69, 9.17) is 11.5 Å². The van der Waals surface area contributed by atoms with Gasteiger partial charge >= 0.3 is 5.97 Å². The Bertz CT molecular complexity index is 787. The van der Waals surface area contributed by atoms with Gasteiger partial charge in [-0.25, -0.2) is 4.79 Å². The highest BCUT2D eigenvalue weighted by Gasteiger charge is 2.26. The molecule has 1 aromatic rings. The zero-order chi connectivity index (χ0) is 23.4. The molecule has 1 aromatic carbocycles. The first-order valence-electron chi connectivity index (χ1n) is 9.43. The van der Waals surface area contributed by atoms with E-state index in [0.717, 1.165) is 0 Å². The standard InChI is InChI=1S/C19H27N5O7/c20-12(6-7-15(21)26)17(28)22-9-16(27)23-14(10-25)18(29)24-13(19(30)31)8-11-4-2-1-3-5-11/h1-5,12-14,25H,6-10,20H2,(H2,21,26)(H,22,28)(H,23,27)(H,24,29)(H,30,31). The van der Waals surface area contributed by atoms with Crippen molar-refractivity contribution in [1.82, 2.24) is 16.0 Å². The van der Waals surface area contributed by atoms with Crippen LogP contribution in [0.2, 0.25) is 0 Å². The lowest BCUT2D eigenvalue weighted by Crippen LogP contribution is -2.55. The number of aliphatic hydroxyl groups excluding tert-OH is 1. The lowest BCUT2D eigenvalue weighted by Gasteiger charge is -2.20. The highest BCUT2D eigenvalue weighted by atomic mass is 16.4. The van der Waals surface area contributed by atoms with Crippen molar-refractivity contribution in [3.63, 3.8) is 0 Å². The smallest absolute Gasteiger partial charge is 0.326 e. The second-order valence-electron chi connectivity index (χ2n) is 6.72. The number of carboxylic acids is 1. The molecule has 0 saturated heterocycles. The average Bonchev–Trinajstić information content (AvgIpc) is 2.73. The Morgan fingerprint density at radius 2 is 1.61 bits per heavy atom. The zero-order valence-corrected chi connectivity index (χ0v) is 16.7. The SMILES string of the molecule is NC(=O)CCC(N)C(=O)NCC(=O)NC(CO)C(=O)NC(Cc1ccccc1)C(=O)O. The molecule has 9 N–H and O–H groups in total. The summed E-state index contributed by atoms with van der Waals surface area (Å²) in [5.41, 5.74) is 11.2. The van der Waals surface area contributed by atoms with Crippen molar-refractivity contribution in [2.45, 2.75) is 37.4 Å². The van der Waals surface area contributed by atoms with Gasteiger partial charge in [-0.15, -0.1) is 0 Å². The van der Waals surface area contributed by atoms with Crippen LogP contribution >= 0.6 is 0 Å². The van der Waals surface area contributed by atoms with Crippen LogP contribution in [0.5, 0.6) is 0 Å². The number of hydrogen-bond donors (Lipinski definition) is 7. The van der Waals surface area contributed by atoms with Gasteiger partial charge in [0.1, 0.15) is 12.1 Å². The van der Waals surface area contributed by atoms with E-state index in [9.17, 15) is 34.2 Å². The highest BCUT2D eigenvalue weighted by molar-refractivity contribution is 5.92. The molecule has 0 saturated carbocycles. The summed E-state index contributed by atoms with van der Waals surface area (Å²) < 4.78 is 0. The molecule has 31 heavy (non-hydrogen) atoms. The molecule has 0 fully saturated rings. The molecule has 3 unspecified atom stereocenters. The lowest BCUT2D eigenvalue weighted by molar-refractivity contribution is -0.142. The van der Waals surface area contributed by atoms with Crippen molar-refractivity contribution < 1.29 is 34.2 Å². The molecule has 0 aliphatic carbocycles. The van der Waals surface area contributed by atoms with Gasteiger partial charge in [0, 0.05) is 12.8 Å². The van der Waals surface area contributed by atoms with Crippen LogP contribution in [0.3, 0.4) is 0 Å². The molecule has 0 aromatic heterocycles. The number of aliphatic hydroxyl groups is 1. The van der Waals surface area contributed by atoms with Crippen LogP contribution in [0.1, 0.15) is 18.4 Å². The first-order chi connectivity index (χ1) is 14.6. The molecule has 0 bridgehead atoms. The summed E-state index contributed by atoms with van der Waals surface area (Å²) >= 11 is 0. The Kier molecular flexibility index (Phi) is 10.6. The number of primary amides is 1. The normalized spacial score (nSPS) is 13.4. The van der Waals surface area contributed by atoms with E-state index in [1.807, 2.05) is 0 Å². The van der Waals surface area contributed by atoms with Crippen molar-refractivity contribution in [3.05, 3.63) is 35.9 Å². The number of amides is 4. The topological polar surface area (TPSA) is 214 Å². The molecular weight excluding hydrogens is 410 g/mol. The van der Waals surface area contributed by atoms with Gasteiger partial charge in [-0.3, -0.25) is 19.2 Å². The molecule has 1 rings (SSSR count). The van der Waals surface area contributed by atoms with E-state index in [1.54, 1.807) is 30.3 Å². The van der Waals surface area contributed by atoms with Crippen molar-refractivity contribution in [2.24, 2.45) is 11.5 Å². The van der Waals surface area contributed by atoms with Crippen LogP contribution in [0.25, 0.3) is 0 Å². The largest absolute Gasteiger partial charge is 0.480 e. The molecule has 3 atom stereocenters. The maximum absolute atomic E-state index is 12.3. The minimum atomic E-state index is -1.43.